The number of aliphatic hydroxyl groups excluding tert-OH is 2. The van der Waals surface area contributed by atoms with Gasteiger partial charge in [0.15, 0.2) is 0 Å². The molecular formula is C14H19N3O4. The van der Waals surface area contributed by atoms with Crippen molar-refractivity contribution >= 4 is 0 Å². The molecule has 1 aromatic heterocycles. The largest absolute Gasteiger partial charge is 0.497 e. The molecule has 7 heteroatoms. The monoisotopic (exact) mass is 293 g/mol. The van der Waals surface area contributed by atoms with Gasteiger partial charge in [0.05, 0.1) is 26.5 Å². The minimum Gasteiger partial charge on any atom is -0.497 e. The Morgan fingerprint density at radius 3 is 2.29 bits per heavy atom. The highest BCUT2D eigenvalue weighted by Crippen LogP contribution is 2.31. The highest BCUT2D eigenvalue weighted by Gasteiger charge is 2.16. The maximum Gasteiger partial charge on any atom is 0.123 e. The van der Waals surface area contributed by atoms with Crippen LogP contribution in [0.5, 0.6) is 11.5 Å². The van der Waals surface area contributed by atoms with Crippen LogP contribution in [-0.2, 0) is 13.2 Å². The van der Waals surface area contributed by atoms with Crippen LogP contribution in [0.15, 0.2) is 18.2 Å². The van der Waals surface area contributed by atoms with Gasteiger partial charge in [-0.1, -0.05) is 5.21 Å². The molecule has 2 N–H and O–H groups in total. The number of benzene rings is 1. The molecule has 0 saturated heterocycles. The van der Waals surface area contributed by atoms with Gasteiger partial charge in [0, 0.05) is 24.8 Å². The second kappa shape index (κ2) is 7.05. The van der Waals surface area contributed by atoms with E-state index in [0.717, 1.165) is 5.56 Å². The van der Waals surface area contributed by atoms with Gasteiger partial charge in [-0.25, -0.2) is 4.68 Å². The van der Waals surface area contributed by atoms with Gasteiger partial charge in [0.2, 0.25) is 0 Å². The molecule has 2 rings (SSSR count). The lowest BCUT2D eigenvalue weighted by molar-refractivity contribution is 0.276. The minimum atomic E-state index is -0.214. The van der Waals surface area contributed by atoms with Crippen LogP contribution in [0, 0.1) is 0 Å². The van der Waals surface area contributed by atoms with E-state index in [2.05, 4.69) is 10.3 Å². The van der Waals surface area contributed by atoms with Gasteiger partial charge >= 0.3 is 0 Å². The summed E-state index contributed by atoms with van der Waals surface area (Å²) in [5, 5.41) is 26.4. The maximum absolute atomic E-state index is 9.44. The molecule has 2 aromatic rings. The Kier molecular flexibility index (Phi) is 5.13. The molecule has 0 fully saturated rings. The predicted molar refractivity (Wildman–Crippen MR) is 76.2 cm³/mol. The third kappa shape index (κ3) is 3.32. The van der Waals surface area contributed by atoms with Crippen molar-refractivity contribution in [2.45, 2.75) is 19.6 Å². The fourth-order valence-electron chi connectivity index (χ4n) is 2.09. The van der Waals surface area contributed by atoms with Crippen molar-refractivity contribution in [1.29, 1.82) is 0 Å². The van der Waals surface area contributed by atoms with Crippen LogP contribution in [0.4, 0.5) is 0 Å². The van der Waals surface area contributed by atoms with E-state index in [1.807, 2.05) is 12.1 Å². The van der Waals surface area contributed by atoms with Gasteiger partial charge in [0.1, 0.15) is 17.2 Å². The molecule has 0 unspecified atom stereocenters. The second-order valence-electron chi connectivity index (χ2n) is 4.44. The number of aliphatic hydroxyl groups is 2. The normalized spacial score (nSPS) is 10.7. The summed E-state index contributed by atoms with van der Waals surface area (Å²) in [6, 6.07) is 5.43. The third-order valence-corrected chi connectivity index (χ3v) is 3.11. The molecule has 0 aliphatic rings. The molecular weight excluding hydrogens is 274 g/mol. The standard InChI is InChI=1S/C14H19N3O4/c1-20-11-6-10(7-12(8-11)21-2)14-13(9-19)15-16-17(14)4-3-5-18/h6-8,18-19H,3-5,9H2,1-2H3. The number of nitrogens with zero attached hydrogens (tertiary/aromatic N) is 3. The first-order valence-electron chi connectivity index (χ1n) is 6.61. The Morgan fingerprint density at radius 1 is 1.10 bits per heavy atom. The molecule has 0 amide bonds. The van der Waals surface area contributed by atoms with Gasteiger partial charge in [0.25, 0.3) is 0 Å². The molecule has 0 radical (unpaired) electrons. The first-order valence-corrected chi connectivity index (χ1v) is 6.61. The molecule has 1 aromatic carbocycles. The lowest BCUT2D eigenvalue weighted by Gasteiger charge is -2.11. The van der Waals surface area contributed by atoms with Gasteiger partial charge in [-0.05, 0) is 18.6 Å². The molecule has 0 bridgehead atoms. The minimum absolute atomic E-state index is 0.0647. The van der Waals surface area contributed by atoms with Gasteiger partial charge in [-0.2, -0.15) is 0 Å². The highest BCUT2D eigenvalue weighted by atomic mass is 16.5. The SMILES string of the molecule is COc1cc(OC)cc(-c2c(CO)nnn2CCCO)c1. The Labute approximate surface area is 122 Å². The van der Waals surface area contributed by atoms with Crippen LogP contribution in [0.25, 0.3) is 11.3 Å². The number of rotatable bonds is 7. The second-order valence-corrected chi connectivity index (χ2v) is 4.44. The van der Waals surface area contributed by atoms with E-state index < -0.39 is 0 Å². The molecule has 1 heterocycles. The van der Waals surface area contributed by atoms with E-state index in [4.69, 9.17) is 14.6 Å². The first-order chi connectivity index (χ1) is 10.2. The zero-order valence-corrected chi connectivity index (χ0v) is 12.1. The molecule has 0 atom stereocenters. The summed E-state index contributed by atoms with van der Waals surface area (Å²) in [4.78, 5) is 0. The summed E-state index contributed by atoms with van der Waals surface area (Å²) < 4.78 is 12.2. The van der Waals surface area contributed by atoms with Crippen LogP contribution in [0.3, 0.4) is 0 Å². The average Bonchev–Trinajstić information content (AvgIpc) is 2.95. The zero-order valence-electron chi connectivity index (χ0n) is 12.1. The molecule has 7 nitrogen and oxygen atoms in total. The van der Waals surface area contributed by atoms with Crippen molar-refractivity contribution in [2.75, 3.05) is 20.8 Å². The summed E-state index contributed by atoms with van der Waals surface area (Å²) >= 11 is 0. The van der Waals surface area contributed by atoms with Crippen molar-refractivity contribution in [1.82, 2.24) is 15.0 Å². The third-order valence-electron chi connectivity index (χ3n) is 3.11. The van der Waals surface area contributed by atoms with E-state index in [0.29, 0.717) is 35.9 Å². The van der Waals surface area contributed by atoms with E-state index in [9.17, 15) is 5.11 Å². The molecule has 0 saturated carbocycles. The Balaban J connectivity index is 2.50. The average molecular weight is 293 g/mol. The van der Waals surface area contributed by atoms with Crippen molar-refractivity contribution in [2.24, 2.45) is 0 Å². The number of hydrogen-bond donors (Lipinski definition) is 2. The van der Waals surface area contributed by atoms with E-state index in [1.165, 1.54) is 0 Å². The van der Waals surface area contributed by atoms with Gasteiger partial charge < -0.3 is 19.7 Å². The predicted octanol–water partition coefficient (Wildman–Crippen LogP) is 0.837. The highest BCUT2D eigenvalue weighted by molar-refractivity contribution is 5.66. The fourth-order valence-corrected chi connectivity index (χ4v) is 2.09. The van der Waals surface area contributed by atoms with Crippen LogP contribution < -0.4 is 9.47 Å². The first kappa shape index (κ1) is 15.3. The lowest BCUT2D eigenvalue weighted by atomic mass is 10.1. The number of ether oxygens (including phenoxy) is 2. The molecule has 114 valence electrons. The summed E-state index contributed by atoms with van der Waals surface area (Å²) in [5.41, 5.74) is 1.96. The van der Waals surface area contributed by atoms with E-state index >= 15 is 0 Å². The number of aromatic nitrogens is 3. The smallest absolute Gasteiger partial charge is 0.123 e. The number of aryl methyl sites for hydroxylation is 1. The maximum atomic E-state index is 9.44. The van der Waals surface area contributed by atoms with Crippen LogP contribution in [0.2, 0.25) is 0 Å². The van der Waals surface area contributed by atoms with Crippen LogP contribution >= 0.6 is 0 Å². The molecule has 21 heavy (non-hydrogen) atoms. The summed E-state index contributed by atoms with van der Waals surface area (Å²) in [6.07, 6.45) is 0.558. The Morgan fingerprint density at radius 2 is 1.76 bits per heavy atom. The van der Waals surface area contributed by atoms with Crippen molar-refractivity contribution in [3.63, 3.8) is 0 Å². The van der Waals surface area contributed by atoms with Gasteiger partial charge in [-0.15, -0.1) is 5.10 Å². The summed E-state index contributed by atoms with van der Waals surface area (Å²) in [6.45, 7) is 0.363. The fraction of sp³-hybridized carbons (Fsp3) is 0.429. The lowest BCUT2D eigenvalue weighted by Crippen LogP contribution is -2.05. The zero-order chi connectivity index (χ0) is 15.2. The summed E-state index contributed by atoms with van der Waals surface area (Å²) in [7, 11) is 3.15. The number of hydrogen-bond acceptors (Lipinski definition) is 6. The van der Waals surface area contributed by atoms with Crippen LogP contribution in [-0.4, -0.2) is 46.0 Å². The van der Waals surface area contributed by atoms with Crippen molar-refractivity contribution < 1.29 is 19.7 Å². The van der Waals surface area contributed by atoms with Crippen LogP contribution in [0.1, 0.15) is 12.1 Å². The molecule has 0 aliphatic heterocycles. The van der Waals surface area contributed by atoms with Gasteiger partial charge in [-0.3, -0.25) is 0 Å². The topological polar surface area (TPSA) is 89.6 Å². The molecule has 0 spiro atoms. The van der Waals surface area contributed by atoms with Crippen molar-refractivity contribution in [3.8, 4) is 22.8 Å². The van der Waals surface area contributed by atoms with E-state index in [1.54, 1.807) is 25.0 Å². The summed E-state index contributed by atoms with van der Waals surface area (Å²) in [5.74, 6) is 1.28. The Hall–Kier alpha value is -2.12. The van der Waals surface area contributed by atoms with E-state index in [-0.39, 0.29) is 13.2 Å². The quantitative estimate of drug-likeness (QED) is 0.786. The molecule has 0 aliphatic carbocycles. The van der Waals surface area contributed by atoms with Crippen molar-refractivity contribution in [3.05, 3.63) is 23.9 Å². The number of methoxy groups -OCH3 is 2. The Bertz CT molecular complexity index is 576.